The molecule has 156 valence electrons. The number of hydrogen-bond donors (Lipinski definition) is 0. The summed E-state index contributed by atoms with van der Waals surface area (Å²) in [6, 6.07) is 23.0. The van der Waals surface area contributed by atoms with Crippen molar-refractivity contribution in [2.24, 2.45) is 0 Å². The van der Waals surface area contributed by atoms with Gasteiger partial charge in [-0.2, -0.15) is 0 Å². The van der Waals surface area contributed by atoms with Crippen molar-refractivity contribution in [3.63, 3.8) is 0 Å². The summed E-state index contributed by atoms with van der Waals surface area (Å²) in [5.74, 6) is 0.771. The molecule has 32 heavy (non-hydrogen) atoms. The van der Waals surface area contributed by atoms with Gasteiger partial charge < -0.3 is 4.42 Å². The van der Waals surface area contributed by atoms with E-state index in [2.05, 4.69) is 82.7 Å². The molecule has 0 saturated carbocycles. The molecule has 0 atom stereocenters. The molecular formula is C26H22N4OSi. The highest BCUT2D eigenvalue weighted by molar-refractivity contribution is 6.88. The van der Waals surface area contributed by atoms with Crippen molar-refractivity contribution in [3.05, 3.63) is 79.1 Å². The number of hydrogen-bond acceptors (Lipinski definition) is 4. The number of benzene rings is 3. The highest BCUT2D eigenvalue weighted by atomic mass is 28.3. The first-order chi connectivity index (χ1) is 15.5. The van der Waals surface area contributed by atoms with Gasteiger partial charge in [0.1, 0.15) is 11.2 Å². The molecule has 0 fully saturated rings. The quantitative estimate of drug-likeness (QED) is 0.324. The molecular weight excluding hydrogens is 412 g/mol. The predicted molar refractivity (Wildman–Crippen MR) is 132 cm³/mol. The highest BCUT2D eigenvalue weighted by Gasteiger charge is 2.22. The second-order valence-corrected chi connectivity index (χ2v) is 14.1. The van der Waals surface area contributed by atoms with E-state index in [1.165, 1.54) is 5.19 Å². The summed E-state index contributed by atoms with van der Waals surface area (Å²) >= 11 is 0. The fourth-order valence-electron chi connectivity index (χ4n) is 4.25. The summed E-state index contributed by atoms with van der Waals surface area (Å²) in [4.78, 5) is 13.9. The number of aromatic nitrogens is 4. The van der Waals surface area contributed by atoms with Crippen LogP contribution in [-0.4, -0.2) is 27.6 Å². The molecule has 6 heteroatoms. The summed E-state index contributed by atoms with van der Waals surface area (Å²) in [6.45, 7) is 7.05. The smallest absolute Gasteiger partial charge is 0.198 e. The molecule has 0 radical (unpaired) electrons. The Morgan fingerprint density at radius 2 is 1.62 bits per heavy atom. The van der Waals surface area contributed by atoms with E-state index >= 15 is 0 Å². The van der Waals surface area contributed by atoms with E-state index in [0.717, 1.165) is 44.7 Å². The van der Waals surface area contributed by atoms with Gasteiger partial charge in [-0.15, -0.1) is 0 Å². The van der Waals surface area contributed by atoms with Crippen LogP contribution < -0.4 is 5.19 Å². The van der Waals surface area contributed by atoms with E-state index in [1.54, 1.807) is 12.4 Å². The van der Waals surface area contributed by atoms with Crippen molar-refractivity contribution in [2.45, 2.75) is 19.6 Å². The lowest BCUT2D eigenvalue weighted by atomic mass is 10.1. The first kappa shape index (κ1) is 19.0. The van der Waals surface area contributed by atoms with Crippen LogP contribution in [0.25, 0.3) is 50.3 Å². The molecule has 0 saturated heterocycles. The van der Waals surface area contributed by atoms with Crippen LogP contribution in [0.5, 0.6) is 0 Å². The van der Waals surface area contributed by atoms with Gasteiger partial charge in [-0.05, 0) is 24.3 Å². The lowest BCUT2D eigenvalue weighted by Crippen LogP contribution is -2.37. The van der Waals surface area contributed by atoms with Gasteiger partial charge in [-0.25, -0.2) is 15.0 Å². The highest BCUT2D eigenvalue weighted by Crippen LogP contribution is 2.37. The third-order valence-electron chi connectivity index (χ3n) is 5.92. The van der Waals surface area contributed by atoms with Gasteiger partial charge >= 0.3 is 0 Å². The molecule has 6 aromatic rings. The van der Waals surface area contributed by atoms with E-state index < -0.39 is 8.07 Å². The van der Waals surface area contributed by atoms with Gasteiger partial charge in [0.2, 0.25) is 0 Å². The van der Waals surface area contributed by atoms with Gasteiger partial charge in [-0.3, -0.25) is 4.57 Å². The monoisotopic (exact) mass is 434 g/mol. The van der Waals surface area contributed by atoms with Crippen molar-refractivity contribution in [2.75, 3.05) is 0 Å². The van der Waals surface area contributed by atoms with Crippen LogP contribution in [-0.2, 0) is 0 Å². The van der Waals surface area contributed by atoms with Crippen LogP contribution in [0.4, 0.5) is 0 Å². The Labute approximate surface area is 186 Å². The molecule has 0 aliphatic rings. The van der Waals surface area contributed by atoms with Crippen molar-refractivity contribution in [1.82, 2.24) is 19.5 Å². The molecule has 0 bridgehead atoms. The Hall–Kier alpha value is -3.77. The van der Waals surface area contributed by atoms with Gasteiger partial charge in [0, 0.05) is 28.9 Å². The zero-order chi connectivity index (χ0) is 21.9. The molecule has 0 spiro atoms. The third-order valence-corrected chi connectivity index (χ3v) is 7.96. The van der Waals surface area contributed by atoms with Crippen LogP contribution in [0, 0.1) is 0 Å². The molecule has 0 amide bonds. The molecule has 3 aromatic carbocycles. The molecule has 5 nitrogen and oxygen atoms in total. The molecule has 6 rings (SSSR count). The SMILES string of the molecule is C[Si](C)(C)c1ccc2c(c1)oc1c(-c3nc4nccnc4n3-c3ccccc3)cccc12. The molecule has 0 unspecified atom stereocenters. The predicted octanol–water partition coefficient (Wildman–Crippen LogP) is 5.93. The summed E-state index contributed by atoms with van der Waals surface area (Å²) < 4.78 is 8.54. The molecule has 0 aliphatic heterocycles. The Kier molecular flexibility index (Phi) is 4.07. The van der Waals surface area contributed by atoms with Gasteiger partial charge in [0.15, 0.2) is 17.1 Å². The van der Waals surface area contributed by atoms with Crippen molar-refractivity contribution >= 4 is 46.5 Å². The first-order valence-electron chi connectivity index (χ1n) is 10.7. The largest absolute Gasteiger partial charge is 0.455 e. The second kappa shape index (κ2) is 6.87. The maximum absolute atomic E-state index is 6.49. The maximum Gasteiger partial charge on any atom is 0.198 e. The number of nitrogens with zero attached hydrogens (tertiary/aromatic N) is 4. The number of furan rings is 1. The minimum atomic E-state index is -1.45. The second-order valence-electron chi connectivity index (χ2n) is 9.06. The zero-order valence-corrected chi connectivity index (χ0v) is 19.2. The Balaban J connectivity index is 1.67. The number of imidazole rings is 1. The number of rotatable bonds is 3. The molecule has 0 aliphatic carbocycles. The molecule has 0 N–H and O–H groups in total. The minimum Gasteiger partial charge on any atom is -0.455 e. The van der Waals surface area contributed by atoms with E-state index in [4.69, 9.17) is 9.40 Å². The average molecular weight is 435 g/mol. The van der Waals surface area contributed by atoms with Gasteiger partial charge in [0.05, 0.1) is 13.6 Å². The average Bonchev–Trinajstić information content (AvgIpc) is 3.37. The van der Waals surface area contributed by atoms with Crippen LogP contribution in [0.3, 0.4) is 0 Å². The van der Waals surface area contributed by atoms with E-state index in [9.17, 15) is 0 Å². The number of para-hydroxylation sites is 2. The standard InChI is InChI=1S/C26H22N4OSi/c1-32(2,3)18-12-13-19-20-10-7-11-21(23(20)31-22(19)16-18)25-29-24-26(28-15-14-27-24)30(25)17-8-5-4-6-9-17/h4-16H,1-3H3. The van der Waals surface area contributed by atoms with Crippen molar-refractivity contribution < 1.29 is 4.42 Å². The molecule has 3 aromatic heterocycles. The van der Waals surface area contributed by atoms with Crippen LogP contribution in [0.2, 0.25) is 19.6 Å². The zero-order valence-electron chi connectivity index (χ0n) is 18.2. The van der Waals surface area contributed by atoms with E-state index in [0.29, 0.717) is 5.65 Å². The Bertz CT molecular complexity index is 1610. The van der Waals surface area contributed by atoms with E-state index in [1.807, 2.05) is 18.2 Å². The van der Waals surface area contributed by atoms with Crippen molar-refractivity contribution in [3.8, 4) is 17.1 Å². The number of fused-ring (bicyclic) bond motifs is 4. The topological polar surface area (TPSA) is 56.7 Å². The first-order valence-corrected chi connectivity index (χ1v) is 14.2. The van der Waals surface area contributed by atoms with Crippen LogP contribution in [0.15, 0.2) is 83.5 Å². The van der Waals surface area contributed by atoms with Gasteiger partial charge in [0.25, 0.3) is 0 Å². The summed E-state index contributed by atoms with van der Waals surface area (Å²) in [5.41, 5.74) is 5.01. The molecule has 3 heterocycles. The Morgan fingerprint density at radius 3 is 2.44 bits per heavy atom. The third kappa shape index (κ3) is 2.87. The fourth-order valence-corrected chi connectivity index (χ4v) is 5.40. The minimum absolute atomic E-state index is 0.612. The summed E-state index contributed by atoms with van der Waals surface area (Å²) in [5, 5.41) is 3.60. The lowest BCUT2D eigenvalue weighted by molar-refractivity contribution is 0.669. The maximum atomic E-state index is 6.49. The van der Waals surface area contributed by atoms with Crippen LogP contribution >= 0.6 is 0 Å². The fraction of sp³-hybridized carbons (Fsp3) is 0.115. The summed E-state index contributed by atoms with van der Waals surface area (Å²) in [6.07, 6.45) is 3.38. The van der Waals surface area contributed by atoms with Gasteiger partial charge in [-0.1, -0.05) is 67.3 Å². The Morgan fingerprint density at radius 1 is 0.812 bits per heavy atom. The van der Waals surface area contributed by atoms with Crippen LogP contribution in [0.1, 0.15) is 0 Å². The lowest BCUT2D eigenvalue weighted by Gasteiger charge is -2.15. The van der Waals surface area contributed by atoms with Crippen molar-refractivity contribution in [1.29, 1.82) is 0 Å². The summed E-state index contributed by atoms with van der Waals surface area (Å²) in [7, 11) is -1.45. The van der Waals surface area contributed by atoms with E-state index in [-0.39, 0.29) is 0 Å². The normalized spacial score (nSPS) is 12.2.